The Morgan fingerprint density at radius 1 is 0.974 bits per heavy atom. The maximum Gasteiger partial charge on any atom is 0.187 e. The zero-order valence-electron chi connectivity index (χ0n) is 20.5. The largest absolute Gasteiger partial charge is 0.486 e. The highest BCUT2D eigenvalue weighted by molar-refractivity contribution is 7.98. The van der Waals surface area contributed by atoms with Gasteiger partial charge in [-0.3, -0.25) is 0 Å². The first kappa shape index (κ1) is 27.0. The summed E-state index contributed by atoms with van der Waals surface area (Å²) in [5.74, 6) is -0.515. The van der Waals surface area contributed by atoms with Crippen LogP contribution in [0.15, 0.2) is 78.1 Å². The minimum atomic E-state index is -0.558. The van der Waals surface area contributed by atoms with E-state index in [0.29, 0.717) is 27.7 Å². The lowest BCUT2D eigenvalue weighted by molar-refractivity contribution is 0.195. The second kappa shape index (κ2) is 11.6. The highest BCUT2D eigenvalue weighted by Gasteiger charge is 2.26. The second-order valence-corrected chi connectivity index (χ2v) is 9.97. The fourth-order valence-electron chi connectivity index (χ4n) is 4.01. The summed E-state index contributed by atoms with van der Waals surface area (Å²) in [6.45, 7) is -0.105. The molecule has 0 unspecified atom stereocenters. The summed E-state index contributed by atoms with van der Waals surface area (Å²) in [6.07, 6.45) is 3.43. The van der Waals surface area contributed by atoms with E-state index in [1.807, 2.05) is 36.6 Å². The van der Waals surface area contributed by atoms with Crippen LogP contribution in [0.4, 0.5) is 4.39 Å². The number of hydrogen-bond acceptors (Lipinski definition) is 7. The van der Waals surface area contributed by atoms with Crippen LogP contribution in [0.25, 0.3) is 34.0 Å². The first-order valence-corrected chi connectivity index (χ1v) is 13.6. The third-order valence-corrected chi connectivity index (χ3v) is 7.02. The number of benzene rings is 3. The lowest BCUT2D eigenvalue weighted by Crippen LogP contribution is -2.01. The molecule has 0 saturated carbocycles. The molecule has 5 aromatic rings. The number of halogens is 3. The maximum atomic E-state index is 14.8. The molecule has 7 nitrogen and oxygen atoms in total. The van der Waals surface area contributed by atoms with Crippen LogP contribution in [0.1, 0.15) is 11.1 Å². The summed E-state index contributed by atoms with van der Waals surface area (Å²) in [7, 11) is 0. The van der Waals surface area contributed by atoms with E-state index < -0.39 is 5.82 Å². The normalized spacial score (nSPS) is 11.1. The minimum absolute atomic E-state index is 0.000840. The van der Waals surface area contributed by atoms with E-state index in [0.717, 1.165) is 10.3 Å². The number of rotatable bonds is 8. The highest BCUT2D eigenvalue weighted by atomic mass is 35.5. The summed E-state index contributed by atoms with van der Waals surface area (Å²) < 4.78 is 21.4. The fraction of sp³-hybridized carbons (Fsp3) is 0.107. The Kier molecular flexibility index (Phi) is 8.04. The first-order chi connectivity index (χ1) is 18.9. The van der Waals surface area contributed by atoms with Gasteiger partial charge in [-0.05, 0) is 53.8 Å². The number of ether oxygens (including phenoxy) is 1. The van der Waals surface area contributed by atoms with Gasteiger partial charge < -0.3 is 15.1 Å². The third kappa shape index (κ3) is 5.58. The lowest BCUT2D eigenvalue weighted by atomic mass is 10.1. The van der Waals surface area contributed by atoms with Gasteiger partial charge in [0, 0.05) is 11.8 Å². The van der Waals surface area contributed by atoms with E-state index in [9.17, 15) is 14.7 Å². The summed E-state index contributed by atoms with van der Waals surface area (Å²) in [5.41, 5.74) is 2.99. The molecule has 0 aliphatic heterocycles. The van der Waals surface area contributed by atoms with Crippen LogP contribution in [-0.2, 0) is 13.2 Å². The van der Waals surface area contributed by atoms with Gasteiger partial charge in [0.15, 0.2) is 22.5 Å². The van der Waals surface area contributed by atoms with E-state index in [4.69, 9.17) is 27.9 Å². The van der Waals surface area contributed by atoms with Crippen molar-refractivity contribution < 1.29 is 19.4 Å². The van der Waals surface area contributed by atoms with E-state index in [2.05, 4.69) is 15.0 Å². The number of nitrogens with zero attached hydrogens (tertiary/aromatic N) is 4. The van der Waals surface area contributed by atoms with Gasteiger partial charge >= 0.3 is 0 Å². The monoisotopic (exact) mass is 582 g/mol. The molecule has 3 aromatic carbocycles. The zero-order valence-corrected chi connectivity index (χ0v) is 22.8. The van der Waals surface area contributed by atoms with Crippen molar-refractivity contribution in [3.8, 4) is 39.8 Å². The van der Waals surface area contributed by atoms with E-state index >= 15 is 0 Å². The molecule has 0 aliphatic carbocycles. The van der Waals surface area contributed by atoms with Gasteiger partial charge in [-0.1, -0.05) is 65.3 Å². The van der Waals surface area contributed by atoms with Gasteiger partial charge in [0.2, 0.25) is 0 Å². The fourth-order valence-corrected chi connectivity index (χ4v) is 5.07. The van der Waals surface area contributed by atoms with Gasteiger partial charge in [-0.15, -0.1) is 0 Å². The molecular weight excluding hydrogens is 562 g/mol. The zero-order chi connectivity index (χ0) is 27.5. The average molecular weight is 583 g/mol. The molecule has 0 amide bonds. The summed E-state index contributed by atoms with van der Waals surface area (Å²) in [4.78, 5) is 13.4. The number of aliphatic hydroxyl groups is 1. The standard InChI is InChI=1S/C28H21Cl2FN4O3S/c1-39-28-32-10-9-22(33-28)25-26(35(37)27(34-25)24-19(29)11-17(14-36)12-20(24)30)18-7-8-21(31)23(13-18)38-15-16-5-3-2-4-6-16/h2-13,36-37H,14-15H2,1H3. The molecule has 0 radical (unpaired) electrons. The Morgan fingerprint density at radius 2 is 1.72 bits per heavy atom. The van der Waals surface area contributed by atoms with Crippen molar-refractivity contribution in [3.63, 3.8) is 0 Å². The molecular formula is C28H21Cl2FN4O3S. The number of imidazole rings is 1. The van der Waals surface area contributed by atoms with Crippen molar-refractivity contribution >= 4 is 35.0 Å². The molecule has 198 valence electrons. The number of thioether (sulfide) groups is 1. The highest BCUT2D eigenvalue weighted by Crippen LogP contribution is 2.41. The Labute approximate surface area is 237 Å². The number of hydrogen-bond donors (Lipinski definition) is 2. The van der Waals surface area contributed by atoms with Gasteiger partial charge in [0.05, 0.1) is 27.9 Å². The topological polar surface area (TPSA) is 93.3 Å². The van der Waals surface area contributed by atoms with Gasteiger partial charge in [-0.2, -0.15) is 4.73 Å². The average Bonchev–Trinajstić information content (AvgIpc) is 3.29. The van der Waals surface area contributed by atoms with Crippen LogP contribution in [0.2, 0.25) is 10.0 Å². The number of aliphatic hydroxyl groups excluding tert-OH is 1. The van der Waals surface area contributed by atoms with Gasteiger partial charge in [-0.25, -0.2) is 19.3 Å². The molecule has 0 saturated heterocycles. The van der Waals surface area contributed by atoms with E-state index in [1.54, 1.807) is 24.4 Å². The van der Waals surface area contributed by atoms with Gasteiger partial charge in [0.1, 0.15) is 18.0 Å². The van der Waals surface area contributed by atoms with Crippen LogP contribution in [0.5, 0.6) is 5.75 Å². The Morgan fingerprint density at radius 3 is 2.41 bits per heavy atom. The quantitative estimate of drug-likeness (QED) is 0.114. The summed E-state index contributed by atoms with van der Waals surface area (Å²) >= 11 is 14.4. The van der Waals surface area contributed by atoms with Crippen LogP contribution in [0.3, 0.4) is 0 Å². The van der Waals surface area contributed by atoms with Crippen molar-refractivity contribution in [2.24, 2.45) is 0 Å². The molecule has 0 bridgehead atoms. The second-order valence-electron chi connectivity index (χ2n) is 8.39. The Bertz CT molecular complexity index is 1630. The molecule has 39 heavy (non-hydrogen) atoms. The van der Waals surface area contributed by atoms with Crippen molar-refractivity contribution in [1.82, 2.24) is 19.7 Å². The van der Waals surface area contributed by atoms with Gasteiger partial charge in [0.25, 0.3) is 0 Å². The van der Waals surface area contributed by atoms with Crippen LogP contribution in [-0.4, -0.2) is 36.3 Å². The van der Waals surface area contributed by atoms with Crippen molar-refractivity contribution in [2.45, 2.75) is 18.4 Å². The molecule has 2 aromatic heterocycles. The van der Waals surface area contributed by atoms with E-state index in [1.165, 1.54) is 30.0 Å². The molecule has 0 fully saturated rings. The molecule has 5 rings (SSSR count). The first-order valence-electron chi connectivity index (χ1n) is 11.6. The summed E-state index contributed by atoms with van der Waals surface area (Å²) in [5, 5.41) is 21.8. The molecule has 0 atom stereocenters. The Balaban J connectivity index is 1.67. The maximum absolute atomic E-state index is 14.8. The molecule has 0 spiro atoms. The number of aromatic nitrogens is 4. The van der Waals surface area contributed by atoms with Crippen molar-refractivity contribution in [3.05, 3.63) is 99.9 Å². The smallest absolute Gasteiger partial charge is 0.187 e. The molecule has 2 N–H and O–H groups in total. The molecule has 2 heterocycles. The van der Waals surface area contributed by atoms with Crippen LogP contribution >= 0.6 is 35.0 Å². The SMILES string of the molecule is CSc1nccc(-c2nc(-c3c(Cl)cc(CO)cc3Cl)n(O)c2-c2ccc(F)c(OCc3ccccc3)c2)n1. The van der Waals surface area contributed by atoms with Crippen molar-refractivity contribution in [2.75, 3.05) is 6.26 Å². The van der Waals surface area contributed by atoms with E-state index in [-0.39, 0.29) is 46.1 Å². The van der Waals surface area contributed by atoms with Crippen molar-refractivity contribution in [1.29, 1.82) is 0 Å². The molecule has 0 aliphatic rings. The summed E-state index contributed by atoms with van der Waals surface area (Å²) in [6, 6.07) is 18.4. The molecule has 11 heteroatoms. The predicted octanol–water partition coefficient (Wildman–Crippen LogP) is 7.15. The lowest BCUT2D eigenvalue weighted by Gasteiger charge is -2.12. The Hall–Kier alpha value is -3.63. The van der Waals surface area contributed by atoms with Crippen LogP contribution in [0, 0.1) is 5.82 Å². The van der Waals surface area contributed by atoms with Crippen LogP contribution < -0.4 is 4.74 Å². The predicted molar refractivity (Wildman–Crippen MR) is 150 cm³/mol. The third-order valence-electron chi connectivity index (χ3n) is 5.86. The minimum Gasteiger partial charge on any atom is -0.486 e.